The van der Waals surface area contributed by atoms with Crippen LogP contribution in [0.5, 0.6) is 0 Å². The zero-order valence-electron chi connectivity index (χ0n) is 12.8. The summed E-state index contributed by atoms with van der Waals surface area (Å²) >= 11 is 0. The molecule has 0 aliphatic rings. The van der Waals surface area contributed by atoms with Gasteiger partial charge in [0.05, 0.1) is 0 Å². The highest BCUT2D eigenvalue weighted by Gasteiger charge is 2.34. The van der Waals surface area contributed by atoms with Crippen molar-refractivity contribution in [1.29, 1.82) is 0 Å². The lowest BCUT2D eigenvalue weighted by atomic mass is 10.2. The lowest BCUT2D eigenvalue weighted by Gasteiger charge is -2.24. The summed E-state index contributed by atoms with van der Waals surface area (Å²) in [5.74, 6) is 0.335. The van der Waals surface area contributed by atoms with E-state index in [1.165, 1.54) is 7.05 Å². The smallest absolute Gasteiger partial charge is 0.357 e. The molecule has 0 fully saturated rings. The fourth-order valence-corrected chi connectivity index (χ4v) is 1.89. The monoisotopic (exact) mass is 304 g/mol. The summed E-state index contributed by atoms with van der Waals surface area (Å²) in [5.41, 5.74) is -0.908. The van der Waals surface area contributed by atoms with E-state index in [2.05, 4.69) is 29.1 Å². The van der Waals surface area contributed by atoms with Crippen LogP contribution in [0.2, 0.25) is 0 Å². The molecule has 0 radical (unpaired) electrons. The first kappa shape index (κ1) is 17.5. The summed E-state index contributed by atoms with van der Waals surface area (Å²) in [6.45, 7) is 5.51. The van der Waals surface area contributed by atoms with Crippen molar-refractivity contribution in [3.8, 4) is 0 Å². The number of hydrogen-bond donors (Lipinski definition) is 1. The minimum Gasteiger partial charge on any atom is -0.357 e. The van der Waals surface area contributed by atoms with Crippen LogP contribution < -0.4 is 10.2 Å². The Morgan fingerprint density at radius 1 is 1.10 bits per heavy atom. The number of anilines is 2. The molecule has 0 spiro atoms. The van der Waals surface area contributed by atoms with E-state index in [9.17, 15) is 13.2 Å². The van der Waals surface area contributed by atoms with Gasteiger partial charge in [0.2, 0.25) is 5.95 Å². The van der Waals surface area contributed by atoms with Gasteiger partial charge < -0.3 is 10.2 Å². The Kier molecular flexibility index (Phi) is 6.71. The van der Waals surface area contributed by atoms with Crippen LogP contribution in [0.4, 0.5) is 24.9 Å². The number of unbranched alkanes of at least 4 members (excludes halogenated alkanes) is 2. The highest BCUT2D eigenvalue weighted by atomic mass is 19.4. The molecule has 1 heterocycles. The Labute approximate surface area is 123 Å². The molecule has 1 rings (SSSR count). The third-order valence-corrected chi connectivity index (χ3v) is 3.11. The Hall–Kier alpha value is -1.53. The second-order valence-corrected chi connectivity index (χ2v) is 4.88. The summed E-state index contributed by atoms with van der Waals surface area (Å²) in [7, 11) is 1.52. The molecule has 1 aromatic rings. The van der Waals surface area contributed by atoms with Gasteiger partial charge in [-0.05, 0) is 12.8 Å². The van der Waals surface area contributed by atoms with Crippen LogP contribution in [-0.2, 0) is 6.18 Å². The Bertz CT molecular complexity index is 427. The van der Waals surface area contributed by atoms with Crippen molar-refractivity contribution in [3.05, 3.63) is 11.8 Å². The van der Waals surface area contributed by atoms with E-state index in [1.807, 2.05) is 4.90 Å². The van der Waals surface area contributed by atoms with Gasteiger partial charge in [0.1, 0.15) is 5.82 Å². The number of nitrogens with zero attached hydrogens (tertiary/aromatic N) is 3. The predicted octanol–water partition coefficient (Wildman–Crippen LogP) is 3.94. The molecular formula is C14H23F3N4. The molecule has 1 N–H and O–H groups in total. The first-order valence-corrected chi connectivity index (χ1v) is 7.31. The molecule has 0 amide bonds. The highest BCUT2D eigenvalue weighted by molar-refractivity contribution is 5.45. The summed E-state index contributed by atoms with van der Waals surface area (Å²) in [5, 5.41) is 2.60. The van der Waals surface area contributed by atoms with E-state index >= 15 is 0 Å². The minimum atomic E-state index is -4.47. The average molecular weight is 304 g/mol. The predicted molar refractivity (Wildman–Crippen MR) is 78.6 cm³/mol. The lowest BCUT2D eigenvalue weighted by molar-refractivity contribution is -0.141. The molecule has 120 valence electrons. The normalized spacial score (nSPS) is 11.5. The van der Waals surface area contributed by atoms with E-state index < -0.39 is 11.9 Å². The highest BCUT2D eigenvalue weighted by Crippen LogP contribution is 2.30. The van der Waals surface area contributed by atoms with Crippen molar-refractivity contribution in [1.82, 2.24) is 9.97 Å². The van der Waals surface area contributed by atoms with E-state index in [4.69, 9.17) is 0 Å². The van der Waals surface area contributed by atoms with Gasteiger partial charge in [-0.15, -0.1) is 0 Å². The summed E-state index contributed by atoms with van der Waals surface area (Å²) in [6.07, 6.45) is -0.657. The van der Waals surface area contributed by atoms with Gasteiger partial charge in [-0.1, -0.05) is 26.7 Å². The maximum Gasteiger partial charge on any atom is 0.433 e. The fourth-order valence-electron chi connectivity index (χ4n) is 1.89. The van der Waals surface area contributed by atoms with Gasteiger partial charge in [-0.2, -0.15) is 18.2 Å². The van der Waals surface area contributed by atoms with Crippen LogP contribution in [0.3, 0.4) is 0 Å². The lowest BCUT2D eigenvalue weighted by Crippen LogP contribution is -2.27. The molecule has 0 saturated carbocycles. The number of halogens is 3. The zero-order valence-corrected chi connectivity index (χ0v) is 12.8. The van der Waals surface area contributed by atoms with Crippen molar-refractivity contribution >= 4 is 11.8 Å². The first-order chi connectivity index (χ1) is 9.92. The molecule has 0 atom stereocenters. The number of hydrogen-bond acceptors (Lipinski definition) is 4. The Balaban J connectivity index is 3.09. The SMILES string of the molecule is CCCCN(CCCC)c1cc(C(F)(F)F)nc(NC)n1. The maximum atomic E-state index is 12.9. The first-order valence-electron chi connectivity index (χ1n) is 7.31. The van der Waals surface area contributed by atoms with Crippen LogP contribution in [0.15, 0.2) is 6.07 Å². The molecule has 21 heavy (non-hydrogen) atoms. The average Bonchev–Trinajstić information content (AvgIpc) is 2.46. The fraction of sp³-hybridized carbons (Fsp3) is 0.714. The van der Waals surface area contributed by atoms with Crippen molar-refractivity contribution < 1.29 is 13.2 Å². The van der Waals surface area contributed by atoms with Gasteiger partial charge in [0.15, 0.2) is 5.69 Å². The van der Waals surface area contributed by atoms with Gasteiger partial charge in [-0.3, -0.25) is 0 Å². The molecule has 7 heteroatoms. The molecule has 0 aliphatic carbocycles. The van der Waals surface area contributed by atoms with Gasteiger partial charge in [0, 0.05) is 26.2 Å². The third kappa shape index (κ3) is 5.40. The maximum absolute atomic E-state index is 12.9. The number of alkyl halides is 3. The van der Waals surface area contributed by atoms with Gasteiger partial charge in [0.25, 0.3) is 0 Å². The van der Waals surface area contributed by atoms with E-state index in [-0.39, 0.29) is 5.95 Å². The molecule has 0 saturated heterocycles. The van der Waals surface area contributed by atoms with Crippen molar-refractivity contribution in [2.45, 2.75) is 45.7 Å². The number of aromatic nitrogens is 2. The molecule has 0 unspecified atom stereocenters. The molecule has 0 aliphatic heterocycles. The summed E-state index contributed by atoms with van der Waals surface area (Å²) < 4.78 is 38.7. The Morgan fingerprint density at radius 2 is 1.67 bits per heavy atom. The van der Waals surface area contributed by atoms with Crippen LogP contribution in [-0.4, -0.2) is 30.1 Å². The molecular weight excluding hydrogens is 281 g/mol. The molecule has 4 nitrogen and oxygen atoms in total. The zero-order chi connectivity index (χ0) is 15.9. The third-order valence-electron chi connectivity index (χ3n) is 3.11. The van der Waals surface area contributed by atoms with Crippen molar-refractivity contribution in [3.63, 3.8) is 0 Å². The molecule has 1 aromatic heterocycles. The second-order valence-electron chi connectivity index (χ2n) is 4.88. The van der Waals surface area contributed by atoms with Crippen LogP contribution in [0.1, 0.15) is 45.2 Å². The quantitative estimate of drug-likeness (QED) is 0.789. The van der Waals surface area contributed by atoms with Gasteiger partial charge >= 0.3 is 6.18 Å². The second kappa shape index (κ2) is 8.05. The van der Waals surface area contributed by atoms with E-state index in [1.54, 1.807) is 0 Å². The number of nitrogens with one attached hydrogen (secondary N) is 1. The molecule has 0 aromatic carbocycles. The van der Waals surface area contributed by atoms with Crippen LogP contribution in [0, 0.1) is 0 Å². The van der Waals surface area contributed by atoms with E-state index in [0.29, 0.717) is 18.9 Å². The molecule has 0 bridgehead atoms. The largest absolute Gasteiger partial charge is 0.433 e. The van der Waals surface area contributed by atoms with Crippen molar-refractivity contribution in [2.75, 3.05) is 30.4 Å². The standard InChI is InChI=1S/C14H23F3N4/c1-4-6-8-21(9-7-5-2)12-10-11(14(15,16)17)19-13(18-3)20-12/h10H,4-9H2,1-3H3,(H,18,19,20). The van der Waals surface area contributed by atoms with Crippen LogP contribution >= 0.6 is 0 Å². The topological polar surface area (TPSA) is 41.1 Å². The number of rotatable bonds is 8. The summed E-state index contributed by atoms with van der Waals surface area (Å²) in [4.78, 5) is 9.57. The Morgan fingerprint density at radius 3 is 2.10 bits per heavy atom. The van der Waals surface area contributed by atoms with Gasteiger partial charge in [-0.25, -0.2) is 4.98 Å². The van der Waals surface area contributed by atoms with Crippen molar-refractivity contribution in [2.24, 2.45) is 0 Å². The minimum absolute atomic E-state index is 0.00202. The van der Waals surface area contributed by atoms with Crippen LogP contribution in [0.25, 0.3) is 0 Å². The van der Waals surface area contributed by atoms with E-state index in [0.717, 1.165) is 31.7 Å². The summed E-state index contributed by atoms with van der Waals surface area (Å²) in [6, 6.07) is 1.03.